The fraction of sp³-hybridized carbons (Fsp3) is 0.333. The van der Waals surface area contributed by atoms with Gasteiger partial charge >= 0.3 is 0 Å². The number of fused-ring (bicyclic) bond motifs is 1. The molecule has 2 aromatic heterocycles. The Morgan fingerprint density at radius 1 is 1.15 bits per heavy atom. The second kappa shape index (κ2) is 11.8. The number of anilines is 2. The molecule has 13 heteroatoms. The van der Waals surface area contributed by atoms with Gasteiger partial charge in [0.15, 0.2) is 5.69 Å². The van der Waals surface area contributed by atoms with E-state index in [1.807, 2.05) is 38.1 Å². The largest absolute Gasteiger partial charge is 0.494 e. The molecule has 40 heavy (non-hydrogen) atoms. The van der Waals surface area contributed by atoms with Crippen LogP contribution in [0.1, 0.15) is 54.5 Å². The summed E-state index contributed by atoms with van der Waals surface area (Å²) in [5.41, 5.74) is 12.7. The first-order chi connectivity index (χ1) is 19.5. The number of carbonyl (C=O) groups excluding carboxylic acids is 1. The number of aryl methyl sites for hydroxylation is 1. The molecular weight excluding hydrogens is 514 g/mol. The molecule has 2 aromatic carbocycles. The smallest absolute Gasteiger partial charge is 0.293 e. The predicted octanol–water partition coefficient (Wildman–Crippen LogP) is 3.14. The number of hydrazone groups is 1. The standard InChI is InChI=1S/C27H31N9O4/c1-4-38-19-12-13-20(23(15-19)39-5-2)17(3)29-31-27(37)24-22(36(34-30-24)26-25(28)32-40-33-26)16-35-14-8-10-18-9-6-7-11-21(18)35/h6-7,9,11-13,15H,4-5,8,10,14,16H2,1-3H3,(H2,28,32)(H,31,37)/b29-17-. The van der Waals surface area contributed by atoms with Gasteiger partial charge in [0.25, 0.3) is 5.91 Å². The lowest BCUT2D eigenvalue weighted by Gasteiger charge is -2.31. The molecule has 4 aromatic rings. The van der Waals surface area contributed by atoms with Crippen LogP contribution in [0.25, 0.3) is 5.82 Å². The van der Waals surface area contributed by atoms with Gasteiger partial charge in [-0.3, -0.25) is 4.79 Å². The molecule has 0 spiro atoms. The van der Waals surface area contributed by atoms with Crippen LogP contribution in [-0.2, 0) is 13.0 Å². The third kappa shape index (κ3) is 5.44. The lowest BCUT2D eigenvalue weighted by atomic mass is 10.0. The minimum Gasteiger partial charge on any atom is -0.494 e. The summed E-state index contributed by atoms with van der Waals surface area (Å²) in [6.45, 7) is 7.72. The van der Waals surface area contributed by atoms with Gasteiger partial charge in [0.2, 0.25) is 11.6 Å². The second-order valence-electron chi connectivity index (χ2n) is 9.09. The van der Waals surface area contributed by atoms with Crippen molar-refractivity contribution < 1.29 is 18.9 Å². The van der Waals surface area contributed by atoms with E-state index in [0.29, 0.717) is 42.7 Å². The average Bonchev–Trinajstić information content (AvgIpc) is 3.58. The number of nitrogens with zero attached hydrogens (tertiary/aromatic N) is 7. The fourth-order valence-corrected chi connectivity index (χ4v) is 4.67. The first-order valence-electron chi connectivity index (χ1n) is 13.1. The topological polar surface area (TPSA) is 159 Å². The maximum absolute atomic E-state index is 13.4. The van der Waals surface area contributed by atoms with Crippen LogP contribution in [0.2, 0.25) is 0 Å². The molecule has 1 amide bonds. The van der Waals surface area contributed by atoms with Gasteiger partial charge in [-0.15, -0.1) is 5.10 Å². The van der Waals surface area contributed by atoms with Crippen molar-refractivity contribution in [3.05, 3.63) is 65.0 Å². The Bertz CT molecular complexity index is 1530. The van der Waals surface area contributed by atoms with E-state index in [0.717, 1.165) is 30.6 Å². The molecule has 0 aliphatic carbocycles. The molecule has 0 atom stereocenters. The second-order valence-corrected chi connectivity index (χ2v) is 9.09. The van der Waals surface area contributed by atoms with E-state index in [9.17, 15) is 4.79 Å². The Balaban J connectivity index is 1.45. The van der Waals surface area contributed by atoms with Crippen LogP contribution in [0.3, 0.4) is 0 Å². The van der Waals surface area contributed by atoms with Crippen molar-refractivity contribution in [3.63, 3.8) is 0 Å². The molecule has 208 valence electrons. The zero-order chi connectivity index (χ0) is 28.1. The summed E-state index contributed by atoms with van der Waals surface area (Å²) in [6, 6.07) is 13.7. The number of carbonyl (C=O) groups is 1. The number of amides is 1. The summed E-state index contributed by atoms with van der Waals surface area (Å²) in [5.74, 6) is 0.944. The number of para-hydroxylation sites is 1. The number of ether oxygens (including phenoxy) is 2. The third-order valence-corrected chi connectivity index (χ3v) is 6.50. The van der Waals surface area contributed by atoms with Crippen LogP contribution in [0, 0.1) is 0 Å². The molecule has 1 aliphatic rings. The Hall–Kier alpha value is -4.94. The van der Waals surface area contributed by atoms with E-state index in [1.54, 1.807) is 13.0 Å². The number of hydrogen-bond acceptors (Lipinski definition) is 11. The molecule has 0 unspecified atom stereocenters. The molecule has 1 aliphatic heterocycles. The quantitative estimate of drug-likeness (QED) is 0.224. The molecular formula is C27H31N9O4. The highest BCUT2D eigenvalue weighted by molar-refractivity contribution is 6.02. The Kier molecular flexibility index (Phi) is 7.89. The molecule has 5 rings (SSSR count). The lowest BCUT2D eigenvalue weighted by Crippen LogP contribution is -2.31. The van der Waals surface area contributed by atoms with Crippen molar-refractivity contribution in [1.82, 2.24) is 30.7 Å². The van der Waals surface area contributed by atoms with Crippen LogP contribution < -0.4 is 25.5 Å². The SMILES string of the molecule is CCOc1ccc(/C(C)=N\NC(=O)c2nnn(-c3nonc3N)c2CN2CCCc3ccccc32)c(OCC)c1. The Labute approximate surface area is 230 Å². The van der Waals surface area contributed by atoms with E-state index in [-0.39, 0.29) is 17.3 Å². The molecule has 13 nitrogen and oxygen atoms in total. The van der Waals surface area contributed by atoms with Crippen molar-refractivity contribution in [2.24, 2.45) is 5.10 Å². The Morgan fingerprint density at radius 2 is 1.98 bits per heavy atom. The molecule has 0 fully saturated rings. The van der Waals surface area contributed by atoms with Crippen molar-refractivity contribution in [2.75, 3.05) is 30.4 Å². The predicted molar refractivity (Wildman–Crippen MR) is 148 cm³/mol. The van der Waals surface area contributed by atoms with Crippen LogP contribution in [0.5, 0.6) is 11.5 Å². The molecule has 0 saturated carbocycles. The van der Waals surface area contributed by atoms with Crippen molar-refractivity contribution in [2.45, 2.75) is 40.2 Å². The molecule has 3 N–H and O–H groups in total. The fourth-order valence-electron chi connectivity index (χ4n) is 4.67. The number of nitrogen functional groups attached to an aromatic ring is 1. The van der Waals surface area contributed by atoms with E-state index in [4.69, 9.17) is 19.8 Å². The van der Waals surface area contributed by atoms with E-state index >= 15 is 0 Å². The highest BCUT2D eigenvalue weighted by Gasteiger charge is 2.27. The molecule has 0 saturated heterocycles. The molecule has 3 heterocycles. The zero-order valence-electron chi connectivity index (χ0n) is 22.6. The number of aromatic nitrogens is 5. The van der Waals surface area contributed by atoms with Gasteiger partial charge < -0.3 is 20.1 Å². The van der Waals surface area contributed by atoms with Crippen LogP contribution in [-0.4, -0.2) is 56.7 Å². The number of hydrogen-bond donors (Lipinski definition) is 2. The highest BCUT2D eigenvalue weighted by Crippen LogP contribution is 2.29. The van der Waals surface area contributed by atoms with Gasteiger partial charge in [-0.1, -0.05) is 23.4 Å². The minimum absolute atomic E-state index is 0.0324. The number of rotatable bonds is 10. The van der Waals surface area contributed by atoms with Crippen molar-refractivity contribution in [1.29, 1.82) is 0 Å². The lowest BCUT2D eigenvalue weighted by molar-refractivity contribution is 0.0948. The van der Waals surface area contributed by atoms with Gasteiger partial charge in [0.1, 0.15) is 11.5 Å². The summed E-state index contributed by atoms with van der Waals surface area (Å²) >= 11 is 0. The third-order valence-electron chi connectivity index (χ3n) is 6.50. The van der Waals surface area contributed by atoms with Crippen molar-refractivity contribution in [3.8, 4) is 17.3 Å². The summed E-state index contributed by atoms with van der Waals surface area (Å²) in [6.07, 6.45) is 1.96. The summed E-state index contributed by atoms with van der Waals surface area (Å²) < 4.78 is 17.5. The molecule has 0 radical (unpaired) electrons. The summed E-state index contributed by atoms with van der Waals surface area (Å²) in [7, 11) is 0. The monoisotopic (exact) mass is 545 g/mol. The Morgan fingerprint density at radius 3 is 2.75 bits per heavy atom. The maximum Gasteiger partial charge on any atom is 0.293 e. The van der Waals surface area contributed by atoms with Crippen LogP contribution in [0.4, 0.5) is 11.5 Å². The first-order valence-corrected chi connectivity index (χ1v) is 13.1. The number of nitrogens with one attached hydrogen (secondary N) is 1. The van der Waals surface area contributed by atoms with Gasteiger partial charge in [-0.2, -0.15) is 9.78 Å². The van der Waals surface area contributed by atoms with Gasteiger partial charge in [-0.25, -0.2) is 10.1 Å². The maximum atomic E-state index is 13.4. The highest BCUT2D eigenvalue weighted by atomic mass is 16.6. The first kappa shape index (κ1) is 26.7. The molecule has 0 bridgehead atoms. The van der Waals surface area contributed by atoms with E-state index < -0.39 is 5.91 Å². The number of benzene rings is 2. The normalized spacial score (nSPS) is 13.2. The van der Waals surface area contributed by atoms with Crippen molar-refractivity contribution >= 4 is 23.1 Å². The average molecular weight is 546 g/mol. The number of nitrogens with two attached hydrogens (primary N) is 1. The summed E-state index contributed by atoms with van der Waals surface area (Å²) in [4.78, 5) is 15.6. The van der Waals surface area contributed by atoms with Gasteiger partial charge in [-0.05, 0) is 67.7 Å². The minimum atomic E-state index is -0.537. The van der Waals surface area contributed by atoms with Gasteiger partial charge in [0.05, 0.1) is 31.2 Å². The van der Waals surface area contributed by atoms with Crippen LogP contribution in [0.15, 0.2) is 52.2 Å². The summed E-state index contributed by atoms with van der Waals surface area (Å²) in [5, 5.41) is 20.2. The van der Waals surface area contributed by atoms with Gasteiger partial charge in [0, 0.05) is 23.9 Å². The van der Waals surface area contributed by atoms with E-state index in [2.05, 4.69) is 48.2 Å². The van der Waals surface area contributed by atoms with E-state index in [1.165, 1.54) is 10.2 Å². The zero-order valence-corrected chi connectivity index (χ0v) is 22.6. The van der Waals surface area contributed by atoms with Crippen LogP contribution >= 0.6 is 0 Å².